The number of halogens is 3. The summed E-state index contributed by atoms with van der Waals surface area (Å²) in [5, 5.41) is 35.9. The number of carbonyl (C=O) groups excluding carboxylic acids is 4. The van der Waals surface area contributed by atoms with Crippen LogP contribution >= 0.6 is 23.2 Å². The highest BCUT2D eigenvalue weighted by atomic mass is 35.5. The highest BCUT2D eigenvalue weighted by Gasteiger charge is 2.77. The van der Waals surface area contributed by atoms with Crippen LogP contribution in [-0.4, -0.2) is 62.4 Å². The van der Waals surface area contributed by atoms with Gasteiger partial charge >= 0.3 is 11.4 Å². The van der Waals surface area contributed by atoms with Crippen molar-refractivity contribution >= 4 is 75.3 Å². The maximum absolute atomic E-state index is 14.6. The number of carbonyl (C=O) groups is 4. The van der Waals surface area contributed by atoms with Gasteiger partial charge in [-0.3, -0.25) is 39.4 Å². The number of nitro benzene ring substituents is 2. The first-order chi connectivity index (χ1) is 25.5. The summed E-state index contributed by atoms with van der Waals surface area (Å²) in [6, 6.07) is 11.1. The van der Waals surface area contributed by atoms with Gasteiger partial charge in [-0.2, -0.15) is 0 Å². The maximum atomic E-state index is 14.6. The minimum Gasteiger partial charge on any atom is -0.507 e. The Morgan fingerprint density at radius 3 is 2.15 bits per heavy atom. The van der Waals surface area contributed by atoms with E-state index in [-0.39, 0.29) is 35.5 Å². The predicted octanol–water partition coefficient (Wildman–Crippen LogP) is 5.91. The number of imide groups is 2. The van der Waals surface area contributed by atoms with Gasteiger partial charge in [0.05, 0.1) is 33.1 Å². The maximum Gasteiger partial charge on any atom is 0.301 e. The van der Waals surface area contributed by atoms with Gasteiger partial charge < -0.3 is 10.0 Å². The van der Waals surface area contributed by atoms with Crippen molar-refractivity contribution in [3.63, 3.8) is 0 Å². The van der Waals surface area contributed by atoms with Gasteiger partial charge in [-0.15, -0.1) is 29.8 Å². The van der Waals surface area contributed by atoms with Gasteiger partial charge in [-0.1, -0.05) is 35.9 Å². The fraction of sp³-hybridized carbons (Fsp3) is 0.297. The number of para-hydroxylation sites is 1. The van der Waals surface area contributed by atoms with E-state index in [0.717, 1.165) is 29.2 Å². The summed E-state index contributed by atoms with van der Waals surface area (Å²) in [4.78, 5) is 78.4. The van der Waals surface area contributed by atoms with Gasteiger partial charge in [0, 0.05) is 37.7 Å². The fourth-order valence-electron chi connectivity index (χ4n) is 8.62. The molecule has 3 aromatic carbocycles. The molecule has 14 nitrogen and oxygen atoms in total. The van der Waals surface area contributed by atoms with Crippen molar-refractivity contribution < 1.29 is 38.5 Å². The zero-order valence-corrected chi connectivity index (χ0v) is 30.1. The molecule has 7 rings (SSSR count). The number of benzene rings is 3. The lowest BCUT2D eigenvalue weighted by molar-refractivity contribution is -0.392. The first kappa shape index (κ1) is 36.7. The number of phenolic OH excluding ortho intramolecular Hbond substituents is 1. The SMILES string of the molecule is C=CCc1cccc([C@H]2C3=CC[C@@H]4C(=O)N(c5cc([N+](=O)[O-])c(N(C)C)c([N+](=O)[O-])c5)C(=O)[C@@H]4[C@@H]3C[C@@]3(Cl)C(=O)N(c4ccc(F)cc4)C(=O)[C@@]23Cl)c1O. The Hall–Kier alpha value is -5.67. The Morgan fingerprint density at radius 1 is 0.944 bits per heavy atom. The molecule has 3 fully saturated rings. The molecular formula is C37H30Cl2FN5O9. The summed E-state index contributed by atoms with van der Waals surface area (Å²) in [7, 11) is 2.75. The average Bonchev–Trinajstić information content (AvgIpc) is 3.46. The minimum atomic E-state index is -2.31. The molecule has 0 aromatic heterocycles. The number of allylic oxidation sites excluding steroid dienone is 3. The number of amides is 4. The second-order valence-electron chi connectivity index (χ2n) is 13.9. The topological polar surface area (TPSA) is 185 Å². The fourth-order valence-corrected chi connectivity index (χ4v) is 9.55. The molecule has 1 saturated carbocycles. The lowest BCUT2D eigenvalue weighted by atomic mass is 9.56. The summed E-state index contributed by atoms with van der Waals surface area (Å²) in [5.74, 6) is -9.23. The molecule has 4 aliphatic rings. The number of hydrogen-bond acceptors (Lipinski definition) is 10. The largest absolute Gasteiger partial charge is 0.507 e. The molecule has 278 valence electrons. The van der Waals surface area contributed by atoms with Crippen LogP contribution in [0.4, 0.5) is 32.8 Å². The number of nitrogens with zero attached hydrogens (tertiary/aromatic N) is 5. The summed E-state index contributed by atoms with van der Waals surface area (Å²) < 4.78 is 14.0. The second kappa shape index (κ2) is 12.7. The van der Waals surface area contributed by atoms with Crippen LogP contribution < -0.4 is 14.7 Å². The summed E-state index contributed by atoms with van der Waals surface area (Å²) in [6.45, 7) is 3.73. The molecule has 2 aliphatic heterocycles. The number of rotatable bonds is 8. The van der Waals surface area contributed by atoms with Crippen LogP contribution in [0.25, 0.3) is 0 Å². The molecule has 3 aromatic rings. The highest BCUT2D eigenvalue weighted by Crippen LogP contribution is 2.66. The molecule has 2 saturated heterocycles. The molecule has 2 aliphatic carbocycles. The number of phenols is 1. The molecule has 6 atom stereocenters. The second-order valence-corrected chi connectivity index (χ2v) is 15.1. The van der Waals surface area contributed by atoms with Crippen molar-refractivity contribution in [1.82, 2.24) is 0 Å². The van der Waals surface area contributed by atoms with Crippen LogP contribution in [0, 0.1) is 43.8 Å². The van der Waals surface area contributed by atoms with Gasteiger partial charge in [-0.25, -0.2) is 14.2 Å². The molecule has 0 unspecified atom stereocenters. The highest BCUT2D eigenvalue weighted by molar-refractivity contribution is 6.58. The standard InChI is InChI=1S/C37H30Cl2FN5O9/c1-4-6-18-7-5-8-24(31(18)46)29-22-13-14-23-28(25(22)17-36(38)34(49)43(35(50)37(29,36)39)20-11-9-19(40)10-12-20)33(48)42(32(23)47)21-15-26(44(51)52)30(41(2)3)27(16-21)45(53)54/h4-5,7-13,15-16,23,25,28-29,46H,1,6,14,17H2,2-3H3/t23-,25+,28-,29+,36+,37-/m0/s1. The third-order valence-electron chi connectivity index (χ3n) is 10.9. The molecule has 4 amide bonds. The Bertz CT molecular complexity index is 2230. The van der Waals surface area contributed by atoms with Gasteiger partial charge in [0.25, 0.3) is 11.8 Å². The van der Waals surface area contributed by atoms with E-state index in [9.17, 15) is 48.9 Å². The number of anilines is 3. The number of hydrogen-bond donors (Lipinski definition) is 1. The van der Waals surface area contributed by atoms with Crippen LogP contribution in [-0.2, 0) is 25.6 Å². The number of fused-ring (bicyclic) bond motifs is 4. The van der Waals surface area contributed by atoms with Crippen LogP contribution in [0.1, 0.15) is 29.9 Å². The zero-order chi connectivity index (χ0) is 39.2. The smallest absolute Gasteiger partial charge is 0.301 e. The lowest BCUT2D eigenvalue weighted by Gasteiger charge is -2.50. The quantitative estimate of drug-likeness (QED) is 0.0948. The van der Waals surface area contributed by atoms with Crippen molar-refractivity contribution in [3.05, 3.63) is 116 Å². The molecular weight excluding hydrogens is 748 g/mol. The van der Waals surface area contributed by atoms with Crippen LogP contribution in [0.15, 0.2) is 78.9 Å². The van der Waals surface area contributed by atoms with Crippen LogP contribution in [0.5, 0.6) is 5.75 Å². The summed E-state index contributed by atoms with van der Waals surface area (Å²) in [6.07, 6.45) is 2.86. The summed E-state index contributed by atoms with van der Waals surface area (Å²) >= 11 is 14.8. The average molecular weight is 779 g/mol. The van der Waals surface area contributed by atoms with E-state index >= 15 is 0 Å². The molecule has 2 heterocycles. The third-order valence-corrected chi connectivity index (χ3v) is 12.3. The van der Waals surface area contributed by atoms with Gasteiger partial charge in [-0.05, 0) is 55.0 Å². The zero-order valence-electron chi connectivity index (χ0n) is 28.6. The van der Waals surface area contributed by atoms with E-state index in [1.54, 1.807) is 24.3 Å². The van der Waals surface area contributed by atoms with Crippen molar-refractivity contribution in [2.75, 3.05) is 28.8 Å². The molecule has 17 heteroatoms. The summed E-state index contributed by atoms with van der Waals surface area (Å²) in [5.41, 5.74) is -1.32. The van der Waals surface area contributed by atoms with Crippen LogP contribution in [0.2, 0.25) is 0 Å². The molecule has 0 radical (unpaired) electrons. The van der Waals surface area contributed by atoms with Crippen molar-refractivity contribution in [2.45, 2.75) is 34.9 Å². The molecule has 1 N–H and O–H groups in total. The van der Waals surface area contributed by atoms with E-state index in [2.05, 4.69) is 6.58 Å². The normalized spacial score (nSPS) is 27.3. The molecule has 54 heavy (non-hydrogen) atoms. The van der Waals surface area contributed by atoms with E-state index in [0.29, 0.717) is 16.0 Å². The van der Waals surface area contributed by atoms with Crippen molar-refractivity contribution in [1.29, 1.82) is 0 Å². The van der Waals surface area contributed by atoms with Gasteiger partial charge in [0.1, 0.15) is 11.6 Å². The number of aromatic hydroxyl groups is 1. The molecule has 0 bridgehead atoms. The monoisotopic (exact) mass is 777 g/mol. The van der Waals surface area contributed by atoms with E-state index < -0.39 is 96.2 Å². The first-order valence-corrected chi connectivity index (χ1v) is 17.4. The first-order valence-electron chi connectivity index (χ1n) is 16.7. The third kappa shape index (κ3) is 4.98. The Labute approximate surface area is 316 Å². The van der Waals surface area contributed by atoms with E-state index in [4.69, 9.17) is 23.2 Å². The van der Waals surface area contributed by atoms with Crippen molar-refractivity contribution in [2.24, 2.45) is 17.8 Å². The predicted molar refractivity (Wildman–Crippen MR) is 195 cm³/mol. The van der Waals surface area contributed by atoms with Gasteiger partial charge in [0.2, 0.25) is 11.8 Å². The van der Waals surface area contributed by atoms with Gasteiger partial charge in [0.15, 0.2) is 15.4 Å². The van der Waals surface area contributed by atoms with Crippen LogP contribution in [0.3, 0.4) is 0 Å². The van der Waals surface area contributed by atoms with E-state index in [1.807, 2.05) is 0 Å². The molecule has 0 spiro atoms. The van der Waals surface area contributed by atoms with E-state index in [1.165, 1.54) is 37.2 Å². The lowest BCUT2D eigenvalue weighted by Crippen LogP contribution is -2.60. The van der Waals surface area contributed by atoms with Crippen molar-refractivity contribution in [3.8, 4) is 5.75 Å². The Balaban J connectivity index is 1.41. The Kier molecular flexibility index (Phi) is 8.65. The Morgan fingerprint density at radius 2 is 1.57 bits per heavy atom. The number of nitro groups is 2. The minimum absolute atomic E-state index is 0.0262. The number of alkyl halides is 2.